The number of anilines is 2. The Hall–Kier alpha value is -1.59. The van der Waals surface area contributed by atoms with Crippen LogP contribution in [0.5, 0.6) is 6.01 Å². The highest BCUT2D eigenvalue weighted by atomic mass is 16.5. The lowest BCUT2D eigenvalue weighted by Crippen LogP contribution is -2.20. The molecule has 6 heteroatoms. The van der Waals surface area contributed by atoms with E-state index in [2.05, 4.69) is 25.6 Å². The first-order valence-corrected chi connectivity index (χ1v) is 7.46. The quantitative estimate of drug-likeness (QED) is 0.797. The van der Waals surface area contributed by atoms with Crippen molar-refractivity contribution in [3.8, 4) is 6.01 Å². The predicted molar refractivity (Wildman–Crippen MR) is 78.0 cm³/mol. The molecule has 1 aromatic heterocycles. The molecule has 0 bridgehead atoms. The van der Waals surface area contributed by atoms with Crippen LogP contribution < -0.4 is 15.4 Å². The van der Waals surface area contributed by atoms with Gasteiger partial charge >= 0.3 is 6.01 Å². The van der Waals surface area contributed by atoms with Gasteiger partial charge in [-0.25, -0.2) is 0 Å². The average molecular weight is 277 g/mol. The molecule has 2 saturated carbocycles. The van der Waals surface area contributed by atoms with E-state index in [-0.39, 0.29) is 6.10 Å². The Bertz CT molecular complexity index is 482. The Morgan fingerprint density at radius 1 is 1.20 bits per heavy atom. The van der Waals surface area contributed by atoms with E-state index in [0.717, 1.165) is 12.5 Å². The molecule has 0 unspecified atom stereocenters. The normalized spacial score (nSPS) is 19.8. The van der Waals surface area contributed by atoms with Gasteiger partial charge in [-0.1, -0.05) is 0 Å². The van der Waals surface area contributed by atoms with Gasteiger partial charge in [0.05, 0.1) is 6.10 Å². The monoisotopic (exact) mass is 277 g/mol. The lowest BCUT2D eigenvalue weighted by atomic mass is 10.0. The third-order valence-corrected chi connectivity index (χ3v) is 4.11. The maximum absolute atomic E-state index is 5.56. The number of nitrogens with zero attached hydrogens (tertiary/aromatic N) is 3. The summed E-state index contributed by atoms with van der Waals surface area (Å²) < 4.78 is 5.56. The zero-order chi connectivity index (χ0) is 14.2. The highest BCUT2D eigenvalue weighted by Crippen LogP contribution is 2.61. The van der Waals surface area contributed by atoms with Gasteiger partial charge in [-0.2, -0.15) is 15.0 Å². The van der Waals surface area contributed by atoms with Gasteiger partial charge in [0, 0.05) is 13.6 Å². The number of hydrogen-bond acceptors (Lipinski definition) is 6. The molecular weight excluding hydrogens is 254 g/mol. The lowest BCUT2D eigenvalue weighted by molar-refractivity contribution is 0.222. The Morgan fingerprint density at radius 2 is 1.90 bits per heavy atom. The molecule has 2 N–H and O–H groups in total. The zero-order valence-corrected chi connectivity index (χ0v) is 12.4. The molecule has 0 amide bonds. The second kappa shape index (κ2) is 5.07. The van der Waals surface area contributed by atoms with Gasteiger partial charge in [-0.05, 0) is 50.9 Å². The van der Waals surface area contributed by atoms with Gasteiger partial charge in [0.1, 0.15) is 0 Å². The van der Waals surface area contributed by atoms with Crippen LogP contribution in [0.1, 0.15) is 39.5 Å². The average Bonchev–Trinajstić information content (AvgIpc) is 3.26. The van der Waals surface area contributed by atoms with Crippen LogP contribution in [-0.2, 0) is 0 Å². The van der Waals surface area contributed by atoms with E-state index in [1.807, 2.05) is 13.8 Å². The van der Waals surface area contributed by atoms with E-state index in [1.165, 1.54) is 25.7 Å². The van der Waals surface area contributed by atoms with E-state index >= 15 is 0 Å². The molecule has 0 aromatic carbocycles. The number of aromatic nitrogens is 3. The summed E-state index contributed by atoms with van der Waals surface area (Å²) in [6.07, 6.45) is 5.51. The third kappa shape index (κ3) is 2.94. The van der Waals surface area contributed by atoms with E-state index in [4.69, 9.17) is 4.74 Å². The van der Waals surface area contributed by atoms with Crippen molar-refractivity contribution >= 4 is 11.9 Å². The molecule has 0 spiro atoms. The van der Waals surface area contributed by atoms with Gasteiger partial charge in [0.25, 0.3) is 0 Å². The van der Waals surface area contributed by atoms with Crippen molar-refractivity contribution in [1.29, 1.82) is 0 Å². The first kappa shape index (κ1) is 13.4. The van der Waals surface area contributed by atoms with Crippen molar-refractivity contribution in [2.45, 2.75) is 45.6 Å². The van der Waals surface area contributed by atoms with Crippen molar-refractivity contribution in [3.63, 3.8) is 0 Å². The Labute approximate surface area is 119 Å². The predicted octanol–water partition coefficient (Wildman–Crippen LogP) is 2.30. The first-order valence-electron chi connectivity index (χ1n) is 7.46. The molecule has 6 nitrogen and oxygen atoms in total. The topological polar surface area (TPSA) is 72.0 Å². The molecule has 0 atom stereocenters. The minimum absolute atomic E-state index is 0.0520. The van der Waals surface area contributed by atoms with E-state index < -0.39 is 0 Å². The Morgan fingerprint density at radius 3 is 2.45 bits per heavy atom. The van der Waals surface area contributed by atoms with Gasteiger partial charge in [0.2, 0.25) is 11.9 Å². The third-order valence-electron chi connectivity index (χ3n) is 4.11. The minimum atomic E-state index is 0.0520. The highest BCUT2D eigenvalue weighted by Gasteiger charge is 2.53. The highest BCUT2D eigenvalue weighted by molar-refractivity contribution is 5.36. The minimum Gasteiger partial charge on any atom is -0.461 e. The maximum atomic E-state index is 5.56. The lowest BCUT2D eigenvalue weighted by Gasteiger charge is -2.16. The van der Waals surface area contributed by atoms with Crippen molar-refractivity contribution in [2.75, 3.05) is 24.2 Å². The molecule has 2 aliphatic rings. The van der Waals surface area contributed by atoms with E-state index in [9.17, 15) is 0 Å². The summed E-state index contributed by atoms with van der Waals surface area (Å²) in [7, 11) is 1.80. The summed E-state index contributed by atoms with van der Waals surface area (Å²) in [4.78, 5) is 12.9. The van der Waals surface area contributed by atoms with Crippen LogP contribution in [0, 0.1) is 11.3 Å². The van der Waals surface area contributed by atoms with Gasteiger partial charge < -0.3 is 15.4 Å². The SMILES string of the molecule is CNc1nc(NCC2(C3CC3)CC2)nc(OC(C)C)n1. The molecule has 3 rings (SSSR count). The molecule has 0 saturated heterocycles. The summed E-state index contributed by atoms with van der Waals surface area (Å²) in [6.45, 7) is 4.89. The van der Waals surface area contributed by atoms with Crippen LogP contribution in [0.4, 0.5) is 11.9 Å². The molecule has 1 aromatic rings. The molecule has 20 heavy (non-hydrogen) atoms. The zero-order valence-electron chi connectivity index (χ0n) is 12.4. The Balaban J connectivity index is 1.68. The van der Waals surface area contributed by atoms with Crippen molar-refractivity contribution in [1.82, 2.24) is 15.0 Å². The Kier molecular flexibility index (Phi) is 3.40. The van der Waals surface area contributed by atoms with Crippen molar-refractivity contribution in [3.05, 3.63) is 0 Å². The van der Waals surface area contributed by atoms with E-state index in [0.29, 0.717) is 23.3 Å². The summed E-state index contributed by atoms with van der Waals surface area (Å²) >= 11 is 0. The van der Waals surface area contributed by atoms with Gasteiger partial charge in [-0.15, -0.1) is 0 Å². The summed E-state index contributed by atoms with van der Waals surface area (Å²) in [6, 6.07) is 0.373. The van der Waals surface area contributed by atoms with Crippen molar-refractivity contribution in [2.24, 2.45) is 11.3 Å². The van der Waals surface area contributed by atoms with Gasteiger partial charge in [-0.3, -0.25) is 0 Å². The summed E-state index contributed by atoms with van der Waals surface area (Å²) in [5.74, 6) is 2.06. The molecular formula is C14H23N5O. The number of hydrogen-bond donors (Lipinski definition) is 2. The van der Waals surface area contributed by atoms with Crippen LogP contribution in [0.25, 0.3) is 0 Å². The molecule has 0 radical (unpaired) electrons. The number of nitrogens with one attached hydrogen (secondary N) is 2. The summed E-state index contributed by atoms with van der Waals surface area (Å²) in [5.41, 5.74) is 0.519. The summed E-state index contributed by atoms with van der Waals surface area (Å²) in [5, 5.41) is 6.32. The molecule has 2 aliphatic carbocycles. The first-order chi connectivity index (χ1) is 9.61. The standard InChI is InChI=1S/C14H23N5O/c1-9(2)20-13-18-11(15-3)17-12(19-13)16-8-14(6-7-14)10-4-5-10/h9-10H,4-8H2,1-3H3,(H2,15,16,17,18,19). The van der Waals surface area contributed by atoms with Crippen LogP contribution in [0.2, 0.25) is 0 Å². The van der Waals surface area contributed by atoms with E-state index in [1.54, 1.807) is 7.05 Å². The number of ether oxygens (including phenoxy) is 1. The van der Waals surface area contributed by atoms with Crippen LogP contribution in [-0.4, -0.2) is 34.6 Å². The van der Waals surface area contributed by atoms with Crippen LogP contribution >= 0.6 is 0 Å². The molecule has 110 valence electrons. The van der Waals surface area contributed by atoms with Crippen LogP contribution in [0.3, 0.4) is 0 Å². The molecule has 0 aliphatic heterocycles. The molecule has 2 fully saturated rings. The fraction of sp³-hybridized carbons (Fsp3) is 0.786. The second-order valence-corrected chi connectivity index (χ2v) is 6.17. The fourth-order valence-electron chi connectivity index (χ4n) is 2.65. The van der Waals surface area contributed by atoms with Gasteiger partial charge in [0.15, 0.2) is 0 Å². The number of rotatable bonds is 7. The smallest absolute Gasteiger partial charge is 0.323 e. The van der Waals surface area contributed by atoms with Crippen LogP contribution in [0.15, 0.2) is 0 Å². The molecule has 1 heterocycles. The largest absolute Gasteiger partial charge is 0.461 e. The van der Waals surface area contributed by atoms with Crippen molar-refractivity contribution < 1.29 is 4.74 Å². The second-order valence-electron chi connectivity index (χ2n) is 6.17. The maximum Gasteiger partial charge on any atom is 0.323 e. The fourth-order valence-corrected chi connectivity index (χ4v) is 2.65.